The molecule has 3 heteroatoms. The van der Waals surface area contributed by atoms with Gasteiger partial charge in [-0.2, -0.15) is 0 Å². The second-order valence-corrected chi connectivity index (χ2v) is 6.12. The molecule has 116 valence electrons. The van der Waals surface area contributed by atoms with Crippen LogP contribution in [0.25, 0.3) is 0 Å². The quantitative estimate of drug-likeness (QED) is 0.887. The molecule has 1 atom stereocenters. The maximum absolute atomic E-state index is 14.1. The average molecular weight is 298 g/mol. The summed E-state index contributed by atoms with van der Waals surface area (Å²) in [6.45, 7) is 7.96. The molecular formula is C19H23FN2. The molecule has 0 fully saturated rings. The van der Waals surface area contributed by atoms with Crippen molar-refractivity contribution in [3.63, 3.8) is 0 Å². The molecule has 0 spiro atoms. The second kappa shape index (κ2) is 5.99. The molecule has 2 aromatic rings. The Balaban J connectivity index is 2.01. The fraction of sp³-hybridized carbons (Fsp3) is 0.368. The van der Waals surface area contributed by atoms with Gasteiger partial charge in [-0.3, -0.25) is 0 Å². The maximum atomic E-state index is 14.1. The first-order chi connectivity index (χ1) is 10.6. The number of benzene rings is 2. The molecule has 1 aliphatic rings. The van der Waals surface area contributed by atoms with E-state index >= 15 is 0 Å². The zero-order chi connectivity index (χ0) is 15.7. The van der Waals surface area contributed by atoms with E-state index in [1.54, 1.807) is 12.1 Å². The lowest BCUT2D eigenvalue weighted by atomic mass is 10.0. The van der Waals surface area contributed by atoms with E-state index in [1.807, 2.05) is 12.1 Å². The Hall–Kier alpha value is -2.03. The lowest BCUT2D eigenvalue weighted by molar-refractivity contribution is 0.557. The monoisotopic (exact) mass is 298 g/mol. The van der Waals surface area contributed by atoms with Crippen LogP contribution in [0.5, 0.6) is 0 Å². The topological polar surface area (TPSA) is 15.3 Å². The zero-order valence-electron chi connectivity index (χ0n) is 13.5. The SMILES string of the molecule is CCC1CNc2cc(C)c(C)cc2N1Cc1ccccc1F. The van der Waals surface area contributed by atoms with Gasteiger partial charge >= 0.3 is 0 Å². The number of aryl methyl sites for hydroxylation is 2. The average Bonchev–Trinajstić information content (AvgIpc) is 2.51. The Morgan fingerprint density at radius 3 is 2.64 bits per heavy atom. The fourth-order valence-corrected chi connectivity index (χ4v) is 3.10. The van der Waals surface area contributed by atoms with Gasteiger partial charge in [-0.1, -0.05) is 25.1 Å². The minimum Gasteiger partial charge on any atom is -0.381 e. The number of fused-ring (bicyclic) bond motifs is 1. The van der Waals surface area contributed by atoms with E-state index in [-0.39, 0.29) is 5.82 Å². The normalized spacial score (nSPS) is 17.1. The third-order valence-corrected chi connectivity index (χ3v) is 4.66. The highest BCUT2D eigenvalue weighted by molar-refractivity contribution is 5.75. The molecule has 22 heavy (non-hydrogen) atoms. The first-order valence-corrected chi connectivity index (χ1v) is 7.95. The van der Waals surface area contributed by atoms with Gasteiger partial charge in [-0.25, -0.2) is 4.39 Å². The first-order valence-electron chi connectivity index (χ1n) is 7.95. The number of anilines is 2. The van der Waals surface area contributed by atoms with E-state index in [0.29, 0.717) is 12.6 Å². The van der Waals surface area contributed by atoms with Crippen LogP contribution in [0.3, 0.4) is 0 Å². The summed E-state index contributed by atoms with van der Waals surface area (Å²) in [6.07, 6.45) is 1.04. The fourth-order valence-electron chi connectivity index (χ4n) is 3.10. The summed E-state index contributed by atoms with van der Waals surface area (Å²) >= 11 is 0. The van der Waals surface area contributed by atoms with Crippen LogP contribution in [0.4, 0.5) is 15.8 Å². The van der Waals surface area contributed by atoms with Gasteiger partial charge < -0.3 is 10.2 Å². The molecule has 0 bridgehead atoms. The van der Waals surface area contributed by atoms with E-state index in [0.717, 1.165) is 24.2 Å². The van der Waals surface area contributed by atoms with Gasteiger partial charge in [0.15, 0.2) is 0 Å². The van der Waals surface area contributed by atoms with Gasteiger partial charge in [0, 0.05) is 24.7 Å². The summed E-state index contributed by atoms with van der Waals surface area (Å²) in [7, 11) is 0. The molecule has 3 rings (SSSR count). The van der Waals surface area contributed by atoms with Crippen molar-refractivity contribution in [2.45, 2.75) is 39.8 Å². The van der Waals surface area contributed by atoms with Crippen LogP contribution in [-0.4, -0.2) is 12.6 Å². The van der Waals surface area contributed by atoms with Crippen LogP contribution in [0.2, 0.25) is 0 Å². The first kappa shape index (κ1) is 14.9. The summed E-state index contributed by atoms with van der Waals surface area (Å²) in [5.74, 6) is -0.124. The summed E-state index contributed by atoms with van der Waals surface area (Å²) in [4.78, 5) is 2.34. The minimum absolute atomic E-state index is 0.124. The van der Waals surface area contributed by atoms with Crippen molar-refractivity contribution in [1.82, 2.24) is 0 Å². The number of hydrogen-bond donors (Lipinski definition) is 1. The van der Waals surface area contributed by atoms with Crippen molar-refractivity contribution in [2.75, 3.05) is 16.8 Å². The van der Waals surface area contributed by atoms with Gasteiger partial charge in [0.25, 0.3) is 0 Å². The predicted molar refractivity (Wildman–Crippen MR) is 91.1 cm³/mol. The highest BCUT2D eigenvalue weighted by Gasteiger charge is 2.26. The van der Waals surface area contributed by atoms with E-state index < -0.39 is 0 Å². The molecule has 2 aromatic carbocycles. The number of nitrogens with zero attached hydrogens (tertiary/aromatic N) is 1. The van der Waals surface area contributed by atoms with Crippen LogP contribution < -0.4 is 10.2 Å². The molecule has 1 N–H and O–H groups in total. The van der Waals surface area contributed by atoms with Gasteiger partial charge in [0.2, 0.25) is 0 Å². The van der Waals surface area contributed by atoms with Gasteiger partial charge in [0.05, 0.1) is 11.4 Å². The number of nitrogens with one attached hydrogen (secondary N) is 1. The number of hydrogen-bond acceptors (Lipinski definition) is 2. The van der Waals surface area contributed by atoms with E-state index in [2.05, 4.69) is 43.1 Å². The molecule has 0 aliphatic carbocycles. The van der Waals surface area contributed by atoms with Crippen molar-refractivity contribution in [3.05, 3.63) is 58.9 Å². The summed E-state index contributed by atoms with van der Waals surface area (Å²) in [6, 6.07) is 11.9. The van der Waals surface area contributed by atoms with Crippen molar-refractivity contribution in [2.24, 2.45) is 0 Å². The van der Waals surface area contributed by atoms with Crippen LogP contribution >= 0.6 is 0 Å². The molecule has 0 amide bonds. The summed E-state index contributed by atoms with van der Waals surface area (Å²) < 4.78 is 14.1. The van der Waals surface area contributed by atoms with Crippen molar-refractivity contribution < 1.29 is 4.39 Å². The molecular weight excluding hydrogens is 275 g/mol. The molecule has 1 unspecified atom stereocenters. The van der Waals surface area contributed by atoms with Crippen LogP contribution in [0, 0.1) is 19.7 Å². The van der Waals surface area contributed by atoms with Crippen molar-refractivity contribution in [1.29, 1.82) is 0 Å². The van der Waals surface area contributed by atoms with Crippen LogP contribution in [-0.2, 0) is 6.54 Å². The maximum Gasteiger partial charge on any atom is 0.128 e. The highest BCUT2D eigenvalue weighted by atomic mass is 19.1. The largest absolute Gasteiger partial charge is 0.381 e. The molecule has 0 saturated heterocycles. The highest BCUT2D eigenvalue weighted by Crippen LogP contribution is 2.36. The summed E-state index contributed by atoms with van der Waals surface area (Å²) in [5.41, 5.74) is 5.66. The van der Waals surface area contributed by atoms with E-state index in [9.17, 15) is 4.39 Å². The molecule has 1 heterocycles. The van der Waals surface area contributed by atoms with Crippen LogP contribution in [0.15, 0.2) is 36.4 Å². The van der Waals surface area contributed by atoms with Crippen molar-refractivity contribution in [3.8, 4) is 0 Å². The smallest absolute Gasteiger partial charge is 0.128 e. The summed E-state index contributed by atoms with van der Waals surface area (Å²) in [5, 5.41) is 3.53. The van der Waals surface area contributed by atoms with Gasteiger partial charge in [-0.15, -0.1) is 0 Å². The molecule has 2 nitrogen and oxygen atoms in total. The Morgan fingerprint density at radius 1 is 1.18 bits per heavy atom. The molecule has 0 aromatic heterocycles. The lowest BCUT2D eigenvalue weighted by Gasteiger charge is -2.40. The predicted octanol–water partition coefficient (Wildman–Crippen LogP) is 4.65. The molecule has 0 saturated carbocycles. The number of rotatable bonds is 3. The number of halogens is 1. The van der Waals surface area contributed by atoms with Crippen molar-refractivity contribution >= 4 is 11.4 Å². The van der Waals surface area contributed by atoms with E-state index in [1.165, 1.54) is 16.8 Å². The Bertz CT molecular complexity index is 681. The molecule has 1 aliphatic heterocycles. The van der Waals surface area contributed by atoms with Gasteiger partial charge in [-0.05, 0) is 49.6 Å². The Morgan fingerprint density at radius 2 is 1.91 bits per heavy atom. The van der Waals surface area contributed by atoms with Crippen LogP contribution in [0.1, 0.15) is 30.0 Å². The second-order valence-electron chi connectivity index (χ2n) is 6.12. The Kier molecular flexibility index (Phi) is 4.06. The zero-order valence-corrected chi connectivity index (χ0v) is 13.5. The van der Waals surface area contributed by atoms with E-state index in [4.69, 9.17) is 0 Å². The standard InChI is InChI=1S/C19H23FN2/c1-4-16-11-21-18-9-13(2)14(3)10-19(18)22(16)12-15-7-5-6-8-17(15)20/h5-10,16,21H,4,11-12H2,1-3H3. The minimum atomic E-state index is -0.124. The molecule has 0 radical (unpaired) electrons. The lowest BCUT2D eigenvalue weighted by Crippen LogP contribution is -2.43. The third kappa shape index (κ3) is 2.68. The third-order valence-electron chi connectivity index (χ3n) is 4.66. The van der Waals surface area contributed by atoms with Gasteiger partial charge in [0.1, 0.15) is 5.82 Å². The Labute approximate surface area is 132 Å².